The Hall–Kier alpha value is -2.79. The SMILES string of the molecule is CCN(CC)Cc1ccc(CNC(=O)NC(C)c2cc3ccccc3o2)cc1. The smallest absolute Gasteiger partial charge is 0.315 e. The van der Waals surface area contributed by atoms with Crippen molar-refractivity contribution in [3.8, 4) is 0 Å². The normalized spacial score (nSPS) is 12.3. The average Bonchev–Trinajstić information content (AvgIpc) is 3.16. The molecule has 0 saturated heterocycles. The Labute approximate surface area is 166 Å². The van der Waals surface area contributed by atoms with Crippen molar-refractivity contribution in [1.29, 1.82) is 0 Å². The monoisotopic (exact) mass is 379 g/mol. The molecule has 3 aromatic rings. The molecule has 0 radical (unpaired) electrons. The number of furan rings is 1. The molecular weight excluding hydrogens is 350 g/mol. The van der Waals surface area contributed by atoms with Gasteiger partial charge in [0, 0.05) is 18.5 Å². The van der Waals surface area contributed by atoms with Gasteiger partial charge < -0.3 is 15.1 Å². The first kappa shape index (κ1) is 20.0. The molecule has 0 aliphatic carbocycles. The molecule has 2 amide bonds. The molecule has 1 aromatic heterocycles. The summed E-state index contributed by atoms with van der Waals surface area (Å²) in [5.74, 6) is 0.747. The van der Waals surface area contributed by atoms with E-state index in [0.717, 1.165) is 41.9 Å². The van der Waals surface area contributed by atoms with Crippen LogP contribution in [0.25, 0.3) is 11.0 Å². The molecule has 5 heteroatoms. The highest BCUT2D eigenvalue weighted by Crippen LogP contribution is 2.23. The predicted octanol–water partition coefficient (Wildman–Crippen LogP) is 4.84. The molecule has 0 bridgehead atoms. The Balaban J connectivity index is 1.49. The molecule has 1 unspecified atom stereocenters. The predicted molar refractivity (Wildman–Crippen MR) is 113 cm³/mol. The van der Waals surface area contributed by atoms with Crippen molar-refractivity contribution < 1.29 is 9.21 Å². The van der Waals surface area contributed by atoms with Crippen molar-refractivity contribution in [2.75, 3.05) is 13.1 Å². The van der Waals surface area contributed by atoms with Gasteiger partial charge in [-0.3, -0.25) is 4.90 Å². The largest absolute Gasteiger partial charge is 0.459 e. The van der Waals surface area contributed by atoms with Gasteiger partial charge in [0.05, 0.1) is 6.04 Å². The van der Waals surface area contributed by atoms with Crippen molar-refractivity contribution in [3.05, 3.63) is 71.5 Å². The summed E-state index contributed by atoms with van der Waals surface area (Å²) in [5, 5.41) is 6.88. The minimum absolute atomic E-state index is 0.205. The van der Waals surface area contributed by atoms with Gasteiger partial charge in [-0.05, 0) is 43.3 Å². The van der Waals surface area contributed by atoms with Crippen LogP contribution < -0.4 is 10.6 Å². The molecule has 0 aliphatic rings. The minimum Gasteiger partial charge on any atom is -0.459 e. The highest BCUT2D eigenvalue weighted by molar-refractivity contribution is 5.78. The van der Waals surface area contributed by atoms with Gasteiger partial charge in [-0.2, -0.15) is 0 Å². The van der Waals surface area contributed by atoms with Gasteiger partial charge in [-0.15, -0.1) is 0 Å². The fourth-order valence-corrected chi connectivity index (χ4v) is 3.18. The average molecular weight is 380 g/mol. The second-order valence-electron chi connectivity index (χ2n) is 7.01. The number of benzene rings is 2. The molecule has 0 spiro atoms. The Kier molecular flexibility index (Phi) is 6.71. The van der Waals surface area contributed by atoms with Crippen LogP contribution in [-0.2, 0) is 13.1 Å². The summed E-state index contributed by atoms with van der Waals surface area (Å²) in [6, 6.07) is 17.8. The number of rotatable bonds is 8. The van der Waals surface area contributed by atoms with Gasteiger partial charge in [0.1, 0.15) is 11.3 Å². The fraction of sp³-hybridized carbons (Fsp3) is 0.348. The third-order valence-electron chi connectivity index (χ3n) is 5.00. The zero-order chi connectivity index (χ0) is 19.9. The van der Waals surface area contributed by atoms with E-state index in [-0.39, 0.29) is 12.1 Å². The van der Waals surface area contributed by atoms with Gasteiger partial charge >= 0.3 is 6.03 Å². The van der Waals surface area contributed by atoms with Gasteiger partial charge in [-0.1, -0.05) is 56.3 Å². The first-order valence-corrected chi connectivity index (χ1v) is 9.92. The maximum atomic E-state index is 12.2. The zero-order valence-corrected chi connectivity index (χ0v) is 16.9. The highest BCUT2D eigenvalue weighted by Gasteiger charge is 2.14. The maximum absolute atomic E-state index is 12.2. The van der Waals surface area contributed by atoms with E-state index in [4.69, 9.17) is 4.42 Å². The molecule has 0 fully saturated rings. The number of nitrogens with one attached hydrogen (secondary N) is 2. The molecule has 3 rings (SSSR count). The lowest BCUT2D eigenvalue weighted by Gasteiger charge is -2.18. The lowest BCUT2D eigenvalue weighted by Crippen LogP contribution is -2.36. The molecular formula is C23H29N3O2. The van der Waals surface area contributed by atoms with E-state index in [9.17, 15) is 4.79 Å². The summed E-state index contributed by atoms with van der Waals surface area (Å²) in [6.07, 6.45) is 0. The van der Waals surface area contributed by atoms with Crippen LogP contribution in [0, 0.1) is 0 Å². The fourth-order valence-electron chi connectivity index (χ4n) is 3.18. The number of urea groups is 1. The van der Waals surface area contributed by atoms with Crippen LogP contribution >= 0.6 is 0 Å². The molecule has 2 aromatic carbocycles. The number of amides is 2. The molecule has 1 heterocycles. The van der Waals surface area contributed by atoms with E-state index in [1.165, 1.54) is 5.56 Å². The first-order chi connectivity index (χ1) is 13.6. The number of hydrogen-bond acceptors (Lipinski definition) is 3. The second-order valence-corrected chi connectivity index (χ2v) is 7.01. The minimum atomic E-state index is -0.208. The standard InChI is InChI=1S/C23H29N3O2/c1-4-26(5-2)16-19-12-10-18(11-13-19)15-24-23(27)25-17(3)22-14-20-8-6-7-9-21(20)28-22/h6-14,17H,4-5,15-16H2,1-3H3,(H2,24,25,27). The number of nitrogens with zero attached hydrogens (tertiary/aromatic N) is 1. The quantitative estimate of drug-likeness (QED) is 0.589. The van der Waals surface area contributed by atoms with Crippen LogP contribution in [0.2, 0.25) is 0 Å². The Morgan fingerprint density at radius 1 is 1.04 bits per heavy atom. The van der Waals surface area contributed by atoms with E-state index in [1.54, 1.807) is 0 Å². The summed E-state index contributed by atoms with van der Waals surface area (Å²) in [6.45, 7) is 9.80. The molecule has 0 aliphatic heterocycles. The maximum Gasteiger partial charge on any atom is 0.315 e. The number of fused-ring (bicyclic) bond motifs is 1. The highest BCUT2D eigenvalue weighted by atomic mass is 16.3. The summed E-state index contributed by atoms with van der Waals surface area (Å²) >= 11 is 0. The summed E-state index contributed by atoms with van der Waals surface area (Å²) < 4.78 is 5.81. The topological polar surface area (TPSA) is 57.5 Å². The summed E-state index contributed by atoms with van der Waals surface area (Å²) in [5.41, 5.74) is 3.20. The molecule has 0 saturated carbocycles. The summed E-state index contributed by atoms with van der Waals surface area (Å²) in [4.78, 5) is 14.6. The van der Waals surface area contributed by atoms with Gasteiger partial charge in [-0.25, -0.2) is 4.79 Å². The Bertz CT molecular complexity index is 865. The lowest BCUT2D eigenvalue weighted by atomic mass is 10.1. The van der Waals surface area contributed by atoms with Crippen molar-refractivity contribution >= 4 is 17.0 Å². The number of hydrogen-bond donors (Lipinski definition) is 2. The van der Waals surface area contributed by atoms with Crippen LogP contribution in [0.3, 0.4) is 0 Å². The third kappa shape index (κ3) is 5.14. The van der Waals surface area contributed by atoms with Gasteiger partial charge in [0.15, 0.2) is 0 Å². The van der Waals surface area contributed by atoms with Crippen LogP contribution in [-0.4, -0.2) is 24.0 Å². The lowest BCUT2D eigenvalue weighted by molar-refractivity contribution is 0.236. The van der Waals surface area contributed by atoms with E-state index in [2.05, 4.69) is 53.6 Å². The van der Waals surface area contributed by atoms with Gasteiger partial charge in [0.25, 0.3) is 0 Å². The van der Waals surface area contributed by atoms with E-state index >= 15 is 0 Å². The molecule has 1 atom stereocenters. The third-order valence-corrected chi connectivity index (χ3v) is 5.00. The van der Waals surface area contributed by atoms with E-state index in [0.29, 0.717) is 6.54 Å². The van der Waals surface area contributed by atoms with Crippen LogP contribution in [0.1, 0.15) is 43.7 Å². The molecule has 148 valence electrons. The van der Waals surface area contributed by atoms with Crippen molar-refractivity contribution in [2.45, 2.75) is 39.9 Å². The van der Waals surface area contributed by atoms with E-state index in [1.807, 2.05) is 37.3 Å². The molecule has 5 nitrogen and oxygen atoms in total. The van der Waals surface area contributed by atoms with Crippen LogP contribution in [0.15, 0.2) is 59.0 Å². The Morgan fingerprint density at radius 2 is 1.71 bits per heavy atom. The van der Waals surface area contributed by atoms with Crippen LogP contribution in [0.5, 0.6) is 0 Å². The molecule has 2 N–H and O–H groups in total. The zero-order valence-electron chi connectivity index (χ0n) is 16.9. The molecule has 28 heavy (non-hydrogen) atoms. The van der Waals surface area contributed by atoms with Crippen molar-refractivity contribution in [3.63, 3.8) is 0 Å². The second kappa shape index (κ2) is 9.42. The number of carbonyl (C=O) groups is 1. The van der Waals surface area contributed by atoms with Crippen molar-refractivity contribution in [2.24, 2.45) is 0 Å². The van der Waals surface area contributed by atoms with Gasteiger partial charge in [0.2, 0.25) is 0 Å². The van der Waals surface area contributed by atoms with E-state index < -0.39 is 0 Å². The number of para-hydroxylation sites is 1. The number of carbonyl (C=O) groups excluding carboxylic acids is 1. The summed E-state index contributed by atoms with van der Waals surface area (Å²) in [7, 11) is 0. The van der Waals surface area contributed by atoms with Crippen molar-refractivity contribution in [1.82, 2.24) is 15.5 Å². The first-order valence-electron chi connectivity index (χ1n) is 9.92. The Morgan fingerprint density at radius 3 is 2.39 bits per heavy atom. The van der Waals surface area contributed by atoms with Crippen LogP contribution in [0.4, 0.5) is 4.79 Å².